The van der Waals surface area contributed by atoms with Crippen LogP contribution in [0.25, 0.3) is 6.08 Å². The van der Waals surface area contributed by atoms with Gasteiger partial charge < -0.3 is 25.4 Å². The van der Waals surface area contributed by atoms with Gasteiger partial charge in [-0.25, -0.2) is 0 Å². The first-order chi connectivity index (χ1) is 19.9. The first-order valence-corrected chi connectivity index (χ1v) is 14.3. The van der Waals surface area contributed by atoms with Gasteiger partial charge in [0.05, 0.1) is 5.75 Å². The fourth-order valence-corrected chi connectivity index (χ4v) is 4.97. The molecule has 5 rings (SSSR count). The lowest BCUT2D eigenvalue weighted by molar-refractivity contribution is -0.114. The predicted molar refractivity (Wildman–Crippen MR) is 163 cm³/mol. The summed E-state index contributed by atoms with van der Waals surface area (Å²) in [5.74, 6) is 0.417. The molecule has 0 saturated heterocycles. The summed E-state index contributed by atoms with van der Waals surface area (Å²) in [6, 6.07) is 28.4. The molecule has 206 valence electrons. The lowest BCUT2D eigenvalue weighted by atomic mass is 10.1. The van der Waals surface area contributed by atoms with Gasteiger partial charge in [0.1, 0.15) is 5.70 Å². The highest BCUT2D eigenvalue weighted by atomic mass is 79.9. The van der Waals surface area contributed by atoms with Gasteiger partial charge in [0.25, 0.3) is 11.8 Å². The maximum Gasteiger partial charge on any atom is 0.272 e. The van der Waals surface area contributed by atoms with Crippen molar-refractivity contribution >= 4 is 62.9 Å². The highest BCUT2D eigenvalue weighted by Crippen LogP contribution is 2.34. The molecule has 3 N–H and O–H groups in total. The molecule has 0 bridgehead atoms. The Morgan fingerprint density at radius 1 is 0.805 bits per heavy atom. The molecule has 0 aromatic heterocycles. The van der Waals surface area contributed by atoms with Gasteiger partial charge in [-0.2, -0.15) is 0 Å². The normalized spacial score (nSPS) is 12.0. The van der Waals surface area contributed by atoms with E-state index < -0.39 is 11.8 Å². The third kappa shape index (κ3) is 7.77. The Kier molecular flexibility index (Phi) is 9.02. The van der Waals surface area contributed by atoms with Gasteiger partial charge in [-0.05, 0) is 72.3 Å². The van der Waals surface area contributed by atoms with Gasteiger partial charge in [-0.3, -0.25) is 14.4 Å². The minimum Gasteiger partial charge on any atom is -0.454 e. The van der Waals surface area contributed by atoms with Gasteiger partial charge >= 0.3 is 0 Å². The predicted octanol–water partition coefficient (Wildman–Crippen LogP) is 6.32. The zero-order valence-corrected chi connectivity index (χ0v) is 24.0. The molecular weight excluding hydrogens is 606 g/mol. The molecule has 1 heterocycles. The maximum atomic E-state index is 13.2. The Balaban J connectivity index is 1.20. The topological polar surface area (TPSA) is 106 Å². The molecule has 0 radical (unpaired) electrons. The maximum absolute atomic E-state index is 13.2. The zero-order chi connectivity index (χ0) is 28.6. The van der Waals surface area contributed by atoms with Crippen molar-refractivity contribution in [3.8, 4) is 11.5 Å². The molecule has 4 aromatic carbocycles. The van der Waals surface area contributed by atoms with Crippen LogP contribution in [0.4, 0.5) is 11.4 Å². The Labute approximate surface area is 249 Å². The lowest BCUT2D eigenvalue weighted by Crippen LogP contribution is -2.30. The first kappa shape index (κ1) is 28.0. The fourth-order valence-electron chi connectivity index (χ4n) is 3.86. The monoisotopic (exact) mass is 629 g/mol. The minimum absolute atomic E-state index is 0.0931. The average Bonchev–Trinajstić information content (AvgIpc) is 3.45. The van der Waals surface area contributed by atoms with Gasteiger partial charge in [-0.15, -0.1) is 11.8 Å². The number of ether oxygens (including phenoxy) is 2. The number of halogens is 1. The van der Waals surface area contributed by atoms with Crippen molar-refractivity contribution < 1.29 is 23.9 Å². The Morgan fingerprint density at radius 3 is 2.34 bits per heavy atom. The van der Waals surface area contributed by atoms with Crippen LogP contribution in [0.15, 0.2) is 112 Å². The van der Waals surface area contributed by atoms with E-state index in [9.17, 15) is 14.4 Å². The molecule has 4 aromatic rings. The quantitative estimate of drug-likeness (QED) is 0.148. The third-order valence-electron chi connectivity index (χ3n) is 5.83. The second kappa shape index (κ2) is 13.2. The third-order valence-corrected chi connectivity index (χ3v) is 7.33. The number of hydrogen-bond donors (Lipinski definition) is 3. The molecule has 0 spiro atoms. The summed E-state index contributed by atoms with van der Waals surface area (Å²) in [4.78, 5) is 39.3. The Bertz CT molecular complexity index is 1610. The van der Waals surface area contributed by atoms with Crippen molar-refractivity contribution in [1.82, 2.24) is 5.32 Å². The molecule has 0 saturated carbocycles. The molecule has 0 unspecified atom stereocenters. The highest BCUT2D eigenvalue weighted by Gasteiger charge is 2.16. The summed E-state index contributed by atoms with van der Waals surface area (Å²) in [5.41, 5.74) is 2.44. The van der Waals surface area contributed by atoms with Crippen molar-refractivity contribution in [3.63, 3.8) is 0 Å². The van der Waals surface area contributed by atoms with Gasteiger partial charge in [0.15, 0.2) is 11.5 Å². The van der Waals surface area contributed by atoms with Crippen LogP contribution in [0.1, 0.15) is 15.9 Å². The van der Waals surface area contributed by atoms with Crippen LogP contribution in [0.3, 0.4) is 0 Å². The van der Waals surface area contributed by atoms with Crippen LogP contribution in [-0.4, -0.2) is 30.3 Å². The van der Waals surface area contributed by atoms with Crippen molar-refractivity contribution in [2.24, 2.45) is 0 Å². The number of benzene rings is 4. The molecule has 3 amide bonds. The van der Waals surface area contributed by atoms with Crippen LogP contribution in [0.5, 0.6) is 11.5 Å². The van der Waals surface area contributed by atoms with Crippen LogP contribution in [-0.2, 0) is 9.59 Å². The summed E-state index contributed by atoms with van der Waals surface area (Å²) >= 11 is 4.79. The first-order valence-electron chi connectivity index (χ1n) is 12.5. The standard InChI is InChI=1S/C31H24BrN3O5S/c32-22-8-4-5-20(15-22)16-26(35-30(37)21-6-2-1-3-7-21)31(38)34-23-9-12-25(13-10-23)41-18-29(36)33-24-11-14-27-28(17-24)40-19-39-27/h1-17H,18-19H2,(H,33,36)(H,34,38)(H,35,37)/b26-16-. The largest absolute Gasteiger partial charge is 0.454 e. The Morgan fingerprint density at radius 2 is 1.56 bits per heavy atom. The number of carbonyl (C=O) groups is 3. The molecular formula is C31H24BrN3O5S. The van der Waals surface area contributed by atoms with Crippen LogP contribution >= 0.6 is 27.7 Å². The highest BCUT2D eigenvalue weighted by molar-refractivity contribution is 9.10. The lowest BCUT2D eigenvalue weighted by Gasteiger charge is -2.12. The van der Waals surface area contributed by atoms with Crippen molar-refractivity contribution in [1.29, 1.82) is 0 Å². The average molecular weight is 631 g/mol. The van der Waals surface area contributed by atoms with E-state index in [0.29, 0.717) is 28.4 Å². The second-order valence-electron chi connectivity index (χ2n) is 8.82. The number of anilines is 2. The Hall–Kier alpha value is -4.54. The summed E-state index contributed by atoms with van der Waals surface area (Å²) in [6.07, 6.45) is 1.61. The van der Waals surface area contributed by atoms with Crippen LogP contribution in [0, 0.1) is 0 Å². The van der Waals surface area contributed by atoms with E-state index in [1.807, 2.05) is 42.5 Å². The van der Waals surface area contributed by atoms with Crippen LogP contribution < -0.4 is 25.4 Å². The van der Waals surface area contributed by atoms with E-state index in [1.54, 1.807) is 60.7 Å². The smallest absolute Gasteiger partial charge is 0.272 e. The summed E-state index contributed by atoms with van der Waals surface area (Å²) in [7, 11) is 0. The van der Waals surface area contributed by atoms with E-state index in [-0.39, 0.29) is 24.2 Å². The molecule has 0 fully saturated rings. The number of nitrogens with one attached hydrogen (secondary N) is 3. The summed E-state index contributed by atoms with van der Waals surface area (Å²) in [5, 5.41) is 8.41. The van der Waals surface area contributed by atoms with Gasteiger partial charge in [0.2, 0.25) is 12.7 Å². The van der Waals surface area contributed by atoms with Crippen LogP contribution in [0.2, 0.25) is 0 Å². The number of thioether (sulfide) groups is 1. The number of amides is 3. The van der Waals surface area contributed by atoms with Crippen molar-refractivity contribution in [2.45, 2.75) is 4.90 Å². The van der Waals surface area contributed by atoms with E-state index in [4.69, 9.17) is 9.47 Å². The number of carbonyl (C=O) groups excluding carboxylic acids is 3. The zero-order valence-electron chi connectivity index (χ0n) is 21.6. The molecule has 1 aliphatic rings. The van der Waals surface area contributed by atoms with Gasteiger partial charge in [0, 0.05) is 32.4 Å². The SMILES string of the molecule is O=C(CSc1ccc(NC(=O)/C(=C/c2cccc(Br)c2)NC(=O)c2ccccc2)cc1)Nc1ccc2c(c1)OCO2. The van der Waals surface area contributed by atoms with Gasteiger partial charge in [-0.1, -0.05) is 46.3 Å². The van der Waals surface area contributed by atoms with E-state index in [2.05, 4.69) is 31.9 Å². The molecule has 1 aliphatic heterocycles. The fraction of sp³-hybridized carbons (Fsp3) is 0.0645. The van der Waals surface area contributed by atoms with E-state index >= 15 is 0 Å². The second-order valence-corrected chi connectivity index (χ2v) is 10.8. The molecule has 10 heteroatoms. The summed E-state index contributed by atoms with van der Waals surface area (Å²) < 4.78 is 11.5. The number of rotatable bonds is 9. The van der Waals surface area contributed by atoms with Crippen molar-refractivity contribution in [3.05, 3.63) is 118 Å². The van der Waals surface area contributed by atoms with E-state index in [0.717, 1.165) is 14.9 Å². The molecule has 0 atom stereocenters. The molecule has 0 aliphatic carbocycles. The number of fused-ring (bicyclic) bond motifs is 1. The minimum atomic E-state index is -0.474. The molecule has 41 heavy (non-hydrogen) atoms. The number of hydrogen-bond acceptors (Lipinski definition) is 6. The summed E-state index contributed by atoms with van der Waals surface area (Å²) in [6.45, 7) is 0.171. The molecule has 8 nitrogen and oxygen atoms in total. The van der Waals surface area contributed by atoms with Crippen molar-refractivity contribution in [2.75, 3.05) is 23.2 Å². The van der Waals surface area contributed by atoms with E-state index in [1.165, 1.54) is 11.8 Å².